The predicted molar refractivity (Wildman–Crippen MR) is 179 cm³/mol. The van der Waals surface area contributed by atoms with Gasteiger partial charge in [-0.2, -0.15) is 0 Å². The molecule has 0 aromatic rings. The molecule has 0 aromatic carbocycles. The van der Waals surface area contributed by atoms with Gasteiger partial charge in [0.25, 0.3) is 0 Å². The highest BCUT2D eigenvalue weighted by molar-refractivity contribution is 5.79. The van der Waals surface area contributed by atoms with Gasteiger partial charge < -0.3 is 34.3 Å². The fraction of sp³-hybridized carbons (Fsp3) is 0.889. The van der Waals surface area contributed by atoms with E-state index in [0.29, 0.717) is 30.3 Å². The van der Waals surface area contributed by atoms with Crippen molar-refractivity contribution in [3.63, 3.8) is 0 Å². The topological polar surface area (TPSA) is 142 Å². The van der Waals surface area contributed by atoms with Crippen LogP contribution in [0.2, 0.25) is 0 Å². The number of quaternary nitrogens is 1. The minimum atomic E-state index is -1.20. The number of ether oxygens (including phenoxy) is 2. The van der Waals surface area contributed by atoms with E-state index in [4.69, 9.17) is 14.6 Å². The molecule has 10 nitrogen and oxygen atoms in total. The fourth-order valence-corrected chi connectivity index (χ4v) is 5.79. The summed E-state index contributed by atoms with van der Waals surface area (Å²) in [5.41, 5.74) is 0. The number of nitrogens with zero attached hydrogens (tertiary/aromatic N) is 1. The molecule has 5 atom stereocenters. The standard InChI is InChI=1S/C29H53NO5.C7H15NO3/c1-5-7-9-11-12-13-14-15-16-18-24(34-29(33)26(30-22-31)20-23(3)4)21-27-25(28(32)35-27)19-17-10-8-6-2;1-8(2,3)5-6(9)4-7(10)11/h22-27H,5-21H2,1-4H3,(H,30,31);6,9H,4-5H2,1-3H3/t24-,25-,26-,27-;6-/m01/s1. The zero-order valence-corrected chi connectivity index (χ0v) is 30.2. The Morgan fingerprint density at radius 2 is 1.50 bits per heavy atom. The van der Waals surface area contributed by atoms with Crippen LogP contribution in [-0.2, 0) is 28.7 Å². The molecular weight excluding hydrogens is 588 g/mol. The summed E-state index contributed by atoms with van der Waals surface area (Å²) in [5.74, 6) is -1.51. The molecule has 1 saturated heterocycles. The zero-order valence-electron chi connectivity index (χ0n) is 30.2. The van der Waals surface area contributed by atoms with Gasteiger partial charge in [-0.25, -0.2) is 4.79 Å². The third-order valence-electron chi connectivity index (χ3n) is 8.22. The fourth-order valence-electron chi connectivity index (χ4n) is 5.79. The van der Waals surface area contributed by atoms with E-state index < -0.39 is 18.1 Å². The number of carboxylic acids is 1. The molecule has 1 fully saturated rings. The summed E-state index contributed by atoms with van der Waals surface area (Å²) >= 11 is 0. The normalized spacial score (nSPS) is 18.0. The Bertz CT molecular complexity index is 829. The smallest absolute Gasteiger partial charge is 0.328 e. The van der Waals surface area contributed by atoms with Crippen LogP contribution in [0.3, 0.4) is 0 Å². The van der Waals surface area contributed by atoms with Crippen LogP contribution < -0.4 is 10.4 Å². The summed E-state index contributed by atoms with van der Waals surface area (Å²) in [6.07, 6.45) is 17.4. The van der Waals surface area contributed by atoms with Gasteiger partial charge in [0, 0.05) is 18.8 Å². The van der Waals surface area contributed by atoms with Gasteiger partial charge in [0.1, 0.15) is 30.9 Å². The first-order chi connectivity index (χ1) is 21.7. The van der Waals surface area contributed by atoms with E-state index in [0.717, 1.165) is 38.5 Å². The van der Waals surface area contributed by atoms with Gasteiger partial charge in [0.2, 0.25) is 6.41 Å². The maximum atomic E-state index is 12.9. The van der Waals surface area contributed by atoms with E-state index in [2.05, 4.69) is 19.2 Å². The molecule has 1 aliphatic heterocycles. The quantitative estimate of drug-likeness (QED) is 0.0540. The molecule has 1 heterocycles. The van der Waals surface area contributed by atoms with Gasteiger partial charge in [-0.3, -0.25) is 9.59 Å². The van der Waals surface area contributed by atoms with Gasteiger partial charge >= 0.3 is 11.9 Å². The second-order valence-corrected chi connectivity index (χ2v) is 14.5. The Morgan fingerprint density at radius 1 is 0.957 bits per heavy atom. The molecule has 0 aromatic heterocycles. The molecule has 2 N–H and O–H groups in total. The minimum Gasteiger partial charge on any atom is -0.550 e. The Morgan fingerprint density at radius 3 is 1.98 bits per heavy atom. The number of aliphatic hydroxyl groups is 1. The third kappa shape index (κ3) is 23.2. The van der Waals surface area contributed by atoms with Crippen molar-refractivity contribution in [2.75, 3.05) is 27.7 Å². The Hall–Kier alpha value is -2.20. The van der Waals surface area contributed by atoms with Crippen molar-refractivity contribution in [2.24, 2.45) is 11.8 Å². The molecule has 270 valence electrons. The number of amides is 1. The Labute approximate surface area is 279 Å². The second-order valence-electron chi connectivity index (χ2n) is 14.5. The number of carboxylic acid groups (broad SMARTS) is 1. The van der Waals surface area contributed by atoms with E-state index >= 15 is 0 Å². The van der Waals surface area contributed by atoms with Crippen molar-refractivity contribution in [3.05, 3.63) is 0 Å². The molecule has 0 unspecified atom stereocenters. The van der Waals surface area contributed by atoms with Crippen LogP contribution >= 0.6 is 0 Å². The largest absolute Gasteiger partial charge is 0.550 e. The highest BCUT2D eigenvalue weighted by Gasteiger charge is 2.43. The molecule has 0 bridgehead atoms. The van der Waals surface area contributed by atoms with Crippen molar-refractivity contribution in [2.45, 2.75) is 168 Å². The van der Waals surface area contributed by atoms with Crippen molar-refractivity contribution >= 4 is 24.3 Å². The van der Waals surface area contributed by atoms with Gasteiger partial charge in [-0.15, -0.1) is 0 Å². The Balaban J connectivity index is 0.00000156. The molecule has 10 heteroatoms. The lowest BCUT2D eigenvalue weighted by Crippen LogP contribution is -2.48. The average molecular weight is 657 g/mol. The number of unbranched alkanes of at least 4 members (excludes halogenated alkanes) is 11. The highest BCUT2D eigenvalue weighted by atomic mass is 16.6. The number of carbonyl (C=O) groups is 4. The number of hydrogen-bond donors (Lipinski definition) is 2. The lowest BCUT2D eigenvalue weighted by Gasteiger charge is -2.37. The van der Waals surface area contributed by atoms with Crippen molar-refractivity contribution in [1.82, 2.24) is 5.32 Å². The lowest BCUT2D eigenvalue weighted by molar-refractivity contribution is -0.873. The van der Waals surface area contributed by atoms with Gasteiger partial charge in [0.15, 0.2) is 0 Å². The van der Waals surface area contributed by atoms with Crippen molar-refractivity contribution in [1.29, 1.82) is 0 Å². The van der Waals surface area contributed by atoms with Gasteiger partial charge in [-0.1, -0.05) is 105 Å². The number of cyclic esters (lactones) is 1. The van der Waals surface area contributed by atoms with Crippen molar-refractivity contribution < 1.29 is 43.3 Å². The monoisotopic (exact) mass is 656 g/mol. The van der Waals surface area contributed by atoms with E-state index in [1.165, 1.54) is 57.8 Å². The molecule has 0 spiro atoms. The molecule has 46 heavy (non-hydrogen) atoms. The average Bonchev–Trinajstić information content (AvgIpc) is 2.94. The first-order valence-electron chi connectivity index (χ1n) is 18.0. The molecule has 0 saturated carbocycles. The summed E-state index contributed by atoms with van der Waals surface area (Å²) < 4.78 is 12.0. The number of esters is 2. The summed E-state index contributed by atoms with van der Waals surface area (Å²) in [6, 6.07) is -0.632. The number of aliphatic carboxylic acids is 1. The predicted octanol–water partition coefficient (Wildman–Crippen LogP) is 5.08. The highest BCUT2D eigenvalue weighted by Crippen LogP contribution is 2.32. The van der Waals surface area contributed by atoms with Gasteiger partial charge in [-0.05, 0) is 31.6 Å². The lowest BCUT2D eigenvalue weighted by atomic mass is 9.86. The van der Waals surface area contributed by atoms with Crippen molar-refractivity contribution in [3.8, 4) is 0 Å². The van der Waals surface area contributed by atoms with Crippen LogP contribution in [0.25, 0.3) is 0 Å². The summed E-state index contributed by atoms with van der Waals surface area (Å²) in [5, 5.41) is 21.8. The van der Waals surface area contributed by atoms with Crippen LogP contribution in [0.5, 0.6) is 0 Å². The summed E-state index contributed by atoms with van der Waals surface area (Å²) in [4.78, 5) is 46.0. The number of nitrogens with one attached hydrogen (secondary N) is 1. The number of likely N-dealkylation sites (N-methyl/N-ethyl adjacent to an activating group) is 1. The molecular formula is C36H68N2O8. The van der Waals surface area contributed by atoms with Crippen LogP contribution in [-0.4, -0.2) is 85.9 Å². The third-order valence-corrected chi connectivity index (χ3v) is 8.22. The van der Waals surface area contributed by atoms with Gasteiger partial charge in [0.05, 0.1) is 27.1 Å². The molecule has 1 amide bonds. The minimum absolute atomic E-state index is 0.0734. The van der Waals surface area contributed by atoms with E-state index in [1.807, 2.05) is 35.0 Å². The molecule has 1 rings (SSSR count). The first-order valence-corrected chi connectivity index (χ1v) is 18.0. The Kier molecular flexibility index (Phi) is 24.6. The van der Waals surface area contributed by atoms with Crippen LogP contribution in [0.15, 0.2) is 0 Å². The second kappa shape index (κ2) is 25.8. The number of rotatable bonds is 27. The molecule has 0 radical (unpaired) electrons. The molecule has 1 aliphatic rings. The summed E-state index contributed by atoms with van der Waals surface area (Å²) in [6.45, 7) is 8.88. The SMILES string of the molecule is CCCCCCCCCCC[C@@H](C[C@@H]1OC(=O)[C@H]1CCCCCC)OC(=O)[C@H](CC(C)C)NC=O.C[N+](C)(C)C[C@H](O)CC(=O)[O-]. The van der Waals surface area contributed by atoms with E-state index in [-0.39, 0.29) is 42.4 Å². The maximum absolute atomic E-state index is 12.9. The van der Waals surface area contributed by atoms with E-state index in [1.54, 1.807) is 0 Å². The molecule has 0 aliphatic carbocycles. The summed E-state index contributed by atoms with van der Waals surface area (Å²) in [7, 11) is 5.66. The number of aliphatic hydroxyl groups excluding tert-OH is 1. The number of carbonyl (C=O) groups excluding carboxylic acids is 4. The van der Waals surface area contributed by atoms with Crippen LogP contribution in [0.1, 0.15) is 143 Å². The maximum Gasteiger partial charge on any atom is 0.328 e. The van der Waals surface area contributed by atoms with E-state index in [9.17, 15) is 24.3 Å². The number of hydrogen-bond acceptors (Lipinski definition) is 8. The van der Waals surface area contributed by atoms with Crippen LogP contribution in [0.4, 0.5) is 0 Å². The zero-order chi connectivity index (χ0) is 35.0. The van der Waals surface area contributed by atoms with Crippen LogP contribution in [0, 0.1) is 11.8 Å². The first kappa shape index (κ1) is 43.8.